The van der Waals surface area contributed by atoms with Crippen LogP contribution in [0.2, 0.25) is 0 Å². The highest BCUT2D eigenvalue weighted by atomic mass is 16.5. The molecule has 0 saturated heterocycles. The van der Waals surface area contributed by atoms with Crippen LogP contribution >= 0.6 is 0 Å². The van der Waals surface area contributed by atoms with Gasteiger partial charge in [-0.05, 0) is 74.2 Å². The summed E-state index contributed by atoms with van der Waals surface area (Å²) in [6, 6.07) is 25.6. The number of hydrogen-bond donors (Lipinski definition) is 1. The van der Waals surface area contributed by atoms with Crippen molar-refractivity contribution in [1.29, 1.82) is 0 Å². The van der Waals surface area contributed by atoms with Gasteiger partial charge in [-0.25, -0.2) is 0 Å². The van der Waals surface area contributed by atoms with Crippen LogP contribution in [0, 0.1) is 0 Å². The number of methoxy groups -OCH3 is 2. The SMILES string of the molecule is COc1ccc(C2c3cc(C(C)(C)C)cc(C(C)(C)C)c3OC2(c2ccc(OC)cc2)c2cc(C(C)(C)C)cc(C(C)(C)C)c2O)cc1. The fourth-order valence-electron chi connectivity index (χ4n) is 6.97. The van der Waals surface area contributed by atoms with Crippen molar-refractivity contribution in [2.24, 2.45) is 0 Å². The minimum absolute atomic E-state index is 0.0987. The van der Waals surface area contributed by atoms with Crippen molar-refractivity contribution in [3.8, 4) is 23.0 Å². The molecule has 48 heavy (non-hydrogen) atoms. The molecule has 256 valence electrons. The number of aromatic hydroxyl groups is 1. The highest BCUT2D eigenvalue weighted by molar-refractivity contribution is 5.66. The summed E-state index contributed by atoms with van der Waals surface area (Å²) in [5.41, 5.74) is 6.42. The molecule has 1 N–H and O–H groups in total. The Labute approximate surface area is 289 Å². The number of hydrogen-bond acceptors (Lipinski definition) is 4. The van der Waals surface area contributed by atoms with Gasteiger partial charge in [-0.15, -0.1) is 0 Å². The van der Waals surface area contributed by atoms with Gasteiger partial charge in [0, 0.05) is 22.3 Å². The maximum atomic E-state index is 12.6. The van der Waals surface area contributed by atoms with Crippen molar-refractivity contribution in [3.63, 3.8) is 0 Å². The van der Waals surface area contributed by atoms with E-state index < -0.39 is 5.60 Å². The minimum Gasteiger partial charge on any atom is -0.507 e. The maximum Gasteiger partial charge on any atom is 0.174 e. The summed E-state index contributed by atoms with van der Waals surface area (Å²) in [7, 11) is 3.38. The zero-order valence-corrected chi connectivity index (χ0v) is 31.7. The van der Waals surface area contributed by atoms with Gasteiger partial charge in [-0.1, -0.05) is 126 Å². The molecule has 4 nitrogen and oxygen atoms in total. The normalized spacial score (nSPS) is 18.3. The fraction of sp³-hybridized carbons (Fsp3) is 0.455. The van der Waals surface area contributed by atoms with Crippen LogP contribution in [-0.2, 0) is 27.3 Å². The molecule has 0 fully saturated rings. The zero-order valence-electron chi connectivity index (χ0n) is 31.7. The van der Waals surface area contributed by atoms with Crippen molar-refractivity contribution in [2.75, 3.05) is 14.2 Å². The van der Waals surface area contributed by atoms with Crippen molar-refractivity contribution in [1.82, 2.24) is 0 Å². The Morgan fingerprint density at radius 2 is 1.04 bits per heavy atom. The second kappa shape index (κ2) is 11.9. The van der Waals surface area contributed by atoms with E-state index in [1.807, 2.05) is 24.3 Å². The van der Waals surface area contributed by atoms with Crippen molar-refractivity contribution < 1.29 is 19.3 Å². The predicted octanol–water partition coefficient (Wildman–Crippen LogP) is 11.1. The Morgan fingerprint density at radius 3 is 1.50 bits per heavy atom. The largest absolute Gasteiger partial charge is 0.507 e. The van der Waals surface area contributed by atoms with Gasteiger partial charge >= 0.3 is 0 Å². The smallest absolute Gasteiger partial charge is 0.174 e. The molecule has 0 aromatic heterocycles. The van der Waals surface area contributed by atoms with Crippen LogP contribution in [0.25, 0.3) is 0 Å². The predicted molar refractivity (Wildman–Crippen MR) is 199 cm³/mol. The quantitative estimate of drug-likeness (QED) is 0.234. The standard InChI is InChI=1S/C44H56O4/c1-40(2,3)29-23-33-37(27-15-19-31(46-13)20-16-27)44(28-17-21-32(47-14)22-18-28,48-39(33)36(26-29)43(10,11)12)35-25-30(41(4,5)6)24-34(38(35)45)42(7,8)9/h15-26,37,45H,1-14H3. The van der Waals surface area contributed by atoms with Gasteiger partial charge in [0.15, 0.2) is 5.60 Å². The van der Waals surface area contributed by atoms with Crippen molar-refractivity contribution in [2.45, 2.75) is 116 Å². The topological polar surface area (TPSA) is 47.9 Å². The molecule has 2 atom stereocenters. The molecule has 2 unspecified atom stereocenters. The number of ether oxygens (including phenoxy) is 3. The first-order valence-corrected chi connectivity index (χ1v) is 17.2. The first kappa shape index (κ1) is 35.4. The molecular weight excluding hydrogens is 592 g/mol. The summed E-state index contributed by atoms with van der Waals surface area (Å²) in [5.74, 6) is 2.40. The minimum atomic E-state index is -1.12. The summed E-state index contributed by atoms with van der Waals surface area (Å²) in [4.78, 5) is 0. The van der Waals surface area contributed by atoms with E-state index in [1.165, 1.54) is 5.56 Å². The Morgan fingerprint density at radius 1 is 0.583 bits per heavy atom. The van der Waals surface area contributed by atoms with Crippen LogP contribution in [-0.4, -0.2) is 19.3 Å². The van der Waals surface area contributed by atoms with E-state index in [9.17, 15) is 5.11 Å². The average Bonchev–Trinajstić information content (AvgIpc) is 3.34. The highest BCUT2D eigenvalue weighted by Crippen LogP contribution is 2.62. The molecule has 1 aliphatic heterocycles. The second-order valence-corrected chi connectivity index (χ2v) is 17.6. The molecular formula is C44H56O4. The molecule has 0 radical (unpaired) electrons. The number of rotatable bonds is 5. The molecule has 1 aliphatic rings. The van der Waals surface area contributed by atoms with Crippen LogP contribution in [0.4, 0.5) is 0 Å². The van der Waals surface area contributed by atoms with Crippen LogP contribution in [0.5, 0.6) is 23.0 Å². The average molecular weight is 649 g/mol. The summed E-state index contributed by atoms with van der Waals surface area (Å²) in [5, 5.41) is 12.6. The molecule has 0 spiro atoms. The van der Waals surface area contributed by atoms with E-state index in [-0.39, 0.29) is 33.3 Å². The first-order valence-electron chi connectivity index (χ1n) is 17.2. The molecule has 1 heterocycles. The highest BCUT2D eigenvalue weighted by Gasteiger charge is 2.55. The van der Waals surface area contributed by atoms with E-state index in [0.29, 0.717) is 0 Å². The van der Waals surface area contributed by atoms with Crippen molar-refractivity contribution >= 4 is 0 Å². The molecule has 0 aliphatic carbocycles. The third-order valence-corrected chi connectivity index (χ3v) is 9.92. The Kier molecular flexibility index (Phi) is 8.77. The van der Waals surface area contributed by atoms with E-state index in [0.717, 1.165) is 56.2 Å². The van der Waals surface area contributed by atoms with E-state index in [1.54, 1.807) is 14.2 Å². The fourth-order valence-corrected chi connectivity index (χ4v) is 6.97. The van der Waals surface area contributed by atoms with E-state index in [2.05, 4.69) is 132 Å². The monoisotopic (exact) mass is 648 g/mol. The Bertz CT molecular complexity index is 1790. The Balaban J connectivity index is 2.03. The zero-order chi connectivity index (χ0) is 35.6. The lowest BCUT2D eigenvalue weighted by Gasteiger charge is -2.39. The molecule has 5 rings (SSSR count). The summed E-state index contributed by atoms with van der Waals surface area (Å²) in [6.07, 6.45) is 0. The lowest BCUT2D eigenvalue weighted by Crippen LogP contribution is -2.38. The van der Waals surface area contributed by atoms with Gasteiger partial charge in [0.05, 0.1) is 20.1 Å². The van der Waals surface area contributed by atoms with Gasteiger partial charge in [0.25, 0.3) is 0 Å². The second-order valence-electron chi connectivity index (χ2n) is 17.6. The van der Waals surface area contributed by atoms with E-state index in [4.69, 9.17) is 14.2 Å². The van der Waals surface area contributed by atoms with Crippen LogP contribution in [0.15, 0.2) is 72.8 Å². The Hall–Kier alpha value is -3.92. The maximum absolute atomic E-state index is 12.6. The number of benzene rings is 4. The number of fused-ring (bicyclic) bond motifs is 1. The van der Waals surface area contributed by atoms with Gasteiger partial charge in [0.2, 0.25) is 0 Å². The molecule has 4 heteroatoms. The summed E-state index contributed by atoms with van der Waals surface area (Å²) >= 11 is 0. The van der Waals surface area contributed by atoms with Crippen molar-refractivity contribution in [3.05, 3.63) is 117 Å². The third-order valence-electron chi connectivity index (χ3n) is 9.92. The lowest BCUT2D eigenvalue weighted by molar-refractivity contribution is 0.117. The van der Waals surface area contributed by atoms with Gasteiger partial charge < -0.3 is 19.3 Å². The molecule has 4 aromatic carbocycles. The van der Waals surface area contributed by atoms with Gasteiger partial charge in [-0.3, -0.25) is 0 Å². The van der Waals surface area contributed by atoms with E-state index >= 15 is 0 Å². The van der Waals surface area contributed by atoms with Crippen LogP contribution < -0.4 is 14.2 Å². The molecule has 4 aromatic rings. The summed E-state index contributed by atoms with van der Waals surface area (Å²) in [6.45, 7) is 26.7. The van der Waals surface area contributed by atoms with Crippen LogP contribution in [0.1, 0.15) is 134 Å². The third kappa shape index (κ3) is 6.19. The lowest BCUT2D eigenvalue weighted by atomic mass is 9.67. The molecule has 0 saturated carbocycles. The molecule has 0 bridgehead atoms. The summed E-state index contributed by atoms with van der Waals surface area (Å²) < 4.78 is 18.9. The number of phenolic OH excluding ortho intramolecular Hbond substituents is 1. The van der Waals surface area contributed by atoms with Gasteiger partial charge in [0.1, 0.15) is 23.0 Å². The number of phenols is 1. The first-order chi connectivity index (χ1) is 22.1. The van der Waals surface area contributed by atoms with Crippen LogP contribution in [0.3, 0.4) is 0 Å². The van der Waals surface area contributed by atoms with Gasteiger partial charge in [-0.2, -0.15) is 0 Å². The molecule has 0 amide bonds.